The van der Waals surface area contributed by atoms with Gasteiger partial charge in [-0.1, -0.05) is 36.4 Å². The van der Waals surface area contributed by atoms with Crippen LogP contribution in [0.4, 0.5) is 19.1 Å². The molecule has 1 saturated heterocycles. The summed E-state index contributed by atoms with van der Waals surface area (Å²) in [7, 11) is 0. The summed E-state index contributed by atoms with van der Waals surface area (Å²) < 4.78 is 47.4. The number of ether oxygens (including phenoxy) is 1. The van der Waals surface area contributed by atoms with Gasteiger partial charge in [-0.25, -0.2) is 0 Å². The maximum absolute atomic E-state index is 13.4. The van der Waals surface area contributed by atoms with Crippen LogP contribution in [0.3, 0.4) is 0 Å². The van der Waals surface area contributed by atoms with Crippen molar-refractivity contribution in [2.45, 2.75) is 6.18 Å². The first-order valence-corrected chi connectivity index (χ1v) is 9.61. The Kier molecular flexibility index (Phi) is 5.73. The van der Waals surface area contributed by atoms with Crippen molar-refractivity contribution >= 4 is 17.6 Å². The fourth-order valence-corrected chi connectivity index (χ4v) is 3.42. The molecule has 0 spiro atoms. The first-order chi connectivity index (χ1) is 15.0. The van der Waals surface area contributed by atoms with Gasteiger partial charge in [0.05, 0.1) is 30.0 Å². The van der Waals surface area contributed by atoms with E-state index in [2.05, 4.69) is 10.2 Å². The Morgan fingerprint density at radius 1 is 1.00 bits per heavy atom. The van der Waals surface area contributed by atoms with Gasteiger partial charge in [0, 0.05) is 13.1 Å². The van der Waals surface area contributed by atoms with Gasteiger partial charge in [-0.15, -0.1) is 10.2 Å². The number of rotatable bonds is 4. The number of alkyl halides is 3. The first kappa shape index (κ1) is 20.6. The fraction of sp³-hybridized carbons (Fsp3) is 0.227. The number of hydrogen-bond donors (Lipinski definition) is 0. The van der Waals surface area contributed by atoms with Crippen molar-refractivity contribution in [3.8, 4) is 11.8 Å². The van der Waals surface area contributed by atoms with E-state index in [9.17, 15) is 18.4 Å². The van der Waals surface area contributed by atoms with Crippen LogP contribution in [0.25, 0.3) is 17.3 Å². The molecule has 0 N–H and O–H groups in total. The summed E-state index contributed by atoms with van der Waals surface area (Å²) in [6, 6.07) is 16.3. The lowest BCUT2D eigenvalue weighted by Crippen LogP contribution is -2.38. The topological polar surface area (TPSA) is 67.0 Å². The number of anilines is 1. The quantitative estimate of drug-likeness (QED) is 0.587. The molecular weight excluding hydrogens is 407 g/mol. The molecule has 158 valence electrons. The van der Waals surface area contributed by atoms with Crippen LogP contribution in [0.5, 0.6) is 0 Å². The van der Waals surface area contributed by atoms with Crippen LogP contribution in [-0.4, -0.2) is 41.1 Å². The second-order valence-corrected chi connectivity index (χ2v) is 6.85. The second kappa shape index (κ2) is 8.62. The third-order valence-electron chi connectivity index (χ3n) is 4.88. The van der Waals surface area contributed by atoms with Crippen LogP contribution in [0.1, 0.15) is 17.0 Å². The summed E-state index contributed by atoms with van der Waals surface area (Å²) in [4.78, 5) is 1.98. The summed E-state index contributed by atoms with van der Waals surface area (Å²) in [5.41, 5.74) is -0.245. The van der Waals surface area contributed by atoms with Crippen molar-refractivity contribution in [2.24, 2.45) is 0 Å². The molecule has 0 amide bonds. The minimum atomic E-state index is -4.54. The number of nitrogens with zero attached hydrogens (tertiary/aromatic N) is 5. The molecule has 0 bridgehead atoms. The molecule has 1 aliphatic rings. The van der Waals surface area contributed by atoms with Gasteiger partial charge < -0.3 is 9.64 Å². The van der Waals surface area contributed by atoms with Crippen molar-refractivity contribution in [1.82, 2.24) is 14.8 Å². The van der Waals surface area contributed by atoms with Crippen molar-refractivity contribution in [3.05, 3.63) is 71.5 Å². The Bertz CT molecular complexity index is 1130. The average molecular weight is 425 g/mol. The van der Waals surface area contributed by atoms with Crippen molar-refractivity contribution in [1.29, 1.82) is 5.26 Å². The number of aromatic nitrogens is 3. The monoisotopic (exact) mass is 425 g/mol. The lowest BCUT2D eigenvalue weighted by atomic mass is 10.0. The molecule has 2 aromatic carbocycles. The van der Waals surface area contributed by atoms with Crippen LogP contribution in [0.2, 0.25) is 0 Å². The zero-order valence-corrected chi connectivity index (χ0v) is 16.4. The molecule has 1 aliphatic heterocycles. The Hall–Kier alpha value is -3.64. The van der Waals surface area contributed by atoms with Crippen LogP contribution in [0, 0.1) is 11.3 Å². The zero-order valence-electron chi connectivity index (χ0n) is 16.4. The molecule has 6 nitrogen and oxygen atoms in total. The summed E-state index contributed by atoms with van der Waals surface area (Å²) in [6.07, 6.45) is -3.34. The van der Waals surface area contributed by atoms with Gasteiger partial charge in [0.15, 0.2) is 5.82 Å². The van der Waals surface area contributed by atoms with Gasteiger partial charge in [-0.3, -0.25) is 4.57 Å². The number of halogens is 3. The highest BCUT2D eigenvalue weighted by molar-refractivity contribution is 5.88. The lowest BCUT2D eigenvalue weighted by Gasteiger charge is -2.28. The number of nitriles is 1. The predicted molar refractivity (Wildman–Crippen MR) is 109 cm³/mol. The van der Waals surface area contributed by atoms with Crippen LogP contribution < -0.4 is 4.90 Å². The van der Waals surface area contributed by atoms with E-state index < -0.39 is 11.7 Å². The Morgan fingerprint density at radius 2 is 1.68 bits per heavy atom. The number of benzene rings is 2. The molecule has 0 aliphatic carbocycles. The third kappa shape index (κ3) is 4.29. The first-order valence-electron chi connectivity index (χ1n) is 9.61. The molecule has 4 rings (SSSR count). The molecular formula is C22H18F3N5O. The average Bonchev–Trinajstić information content (AvgIpc) is 3.23. The Balaban J connectivity index is 1.87. The molecule has 2 heterocycles. The lowest BCUT2D eigenvalue weighted by molar-refractivity contribution is -0.137. The van der Waals surface area contributed by atoms with Crippen LogP contribution in [-0.2, 0) is 10.9 Å². The summed E-state index contributed by atoms with van der Waals surface area (Å²) in [5.74, 6) is 0.682. The smallest absolute Gasteiger partial charge is 0.378 e. The molecule has 0 saturated carbocycles. The fourth-order valence-electron chi connectivity index (χ4n) is 3.42. The Morgan fingerprint density at radius 3 is 2.35 bits per heavy atom. The van der Waals surface area contributed by atoms with Crippen LogP contribution >= 0.6 is 0 Å². The molecule has 0 atom stereocenters. The molecule has 1 fully saturated rings. The predicted octanol–water partition coefficient (Wildman–Crippen LogP) is 4.19. The third-order valence-corrected chi connectivity index (χ3v) is 4.88. The van der Waals surface area contributed by atoms with Gasteiger partial charge in [0.2, 0.25) is 5.95 Å². The molecule has 9 heteroatoms. The number of hydrogen-bond acceptors (Lipinski definition) is 5. The van der Waals surface area contributed by atoms with E-state index in [0.29, 0.717) is 37.9 Å². The van der Waals surface area contributed by atoms with E-state index in [1.165, 1.54) is 24.3 Å². The van der Waals surface area contributed by atoms with E-state index >= 15 is 0 Å². The van der Waals surface area contributed by atoms with E-state index in [1.54, 1.807) is 4.57 Å². The van der Waals surface area contributed by atoms with E-state index in [1.807, 2.05) is 41.3 Å². The second-order valence-electron chi connectivity index (χ2n) is 6.85. The summed E-state index contributed by atoms with van der Waals surface area (Å²) >= 11 is 0. The molecule has 1 aromatic heterocycles. The normalized spacial score (nSPS) is 15.0. The number of morpholine rings is 1. The minimum absolute atomic E-state index is 0.0208. The van der Waals surface area contributed by atoms with E-state index in [0.717, 1.165) is 6.07 Å². The largest absolute Gasteiger partial charge is 0.416 e. The van der Waals surface area contributed by atoms with Crippen molar-refractivity contribution in [2.75, 3.05) is 31.2 Å². The van der Waals surface area contributed by atoms with Gasteiger partial charge in [-0.2, -0.15) is 18.4 Å². The summed E-state index contributed by atoms with van der Waals surface area (Å²) in [5, 5.41) is 18.3. The van der Waals surface area contributed by atoms with E-state index in [4.69, 9.17) is 4.74 Å². The van der Waals surface area contributed by atoms with E-state index in [-0.39, 0.29) is 17.0 Å². The maximum atomic E-state index is 13.4. The van der Waals surface area contributed by atoms with Crippen molar-refractivity contribution < 1.29 is 17.9 Å². The van der Waals surface area contributed by atoms with Gasteiger partial charge >= 0.3 is 6.18 Å². The maximum Gasteiger partial charge on any atom is 0.416 e. The number of para-hydroxylation sites is 1. The molecule has 0 radical (unpaired) electrons. The minimum Gasteiger partial charge on any atom is -0.378 e. The van der Waals surface area contributed by atoms with Gasteiger partial charge in [-0.05, 0) is 29.8 Å². The standard InChI is InChI=1S/C22H18F3N5O/c23-22(24,25)19-9-5-4-6-16(19)14-17(15-26)20-27-28-21(29-10-12-31-13-11-29)30(20)18-7-2-1-3-8-18/h1-9,14H,10-13H2/b17-14+. The molecule has 31 heavy (non-hydrogen) atoms. The highest BCUT2D eigenvalue weighted by Gasteiger charge is 2.33. The molecule has 3 aromatic rings. The zero-order chi connectivity index (χ0) is 21.8. The van der Waals surface area contributed by atoms with Crippen LogP contribution in [0.15, 0.2) is 54.6 Å². The summed E-state index contributed by atoms with van der Waals surface area (Å²) in [6.45, 7) is 2.23. The Labute approximate surface area is 176 Å². The highest BCUT2D eigenvalue weighted by Crippen LogP contribution is 2.34. The highest BCUT2D eigenvalue weighted by atomic mass is 19.4. The van der Waals surface area contributed by atoms with Crippen molar-refractivity contribution in [3.63, 3.8) is 0 Å². The van der Waals surface area contributed by atoms with Gasteiger partial charge in [0.1, 0.15) is 6.07 Å². The number of allylic oxidation sites excluding steroid dienone is 1. The molecule has 0 unspecified atom stereocenters. The SMILES string of the molecule is N#C/C(=C\c1ccccc1C(F)(F)F)c1nnc(N2CCOCC2)n1-c1ccccc1. The van der Waals surface area contributed by atoms with Gasteiger partial charge in [0.25, 0.3) is 0 Å².